The molecule has 2 N–H and O–H groups in total. The van der Waals surface area contributed by atoms with Gasteiger partial charge in [0.15, 0.2) is 0 Å². The summed E-state index contributed by atoms with van der Waals surface area (Å²) >= 11 is 0. The first kappa shape index (κ1) is 17.3. The lowest BCUT2D eigenvalue weighted by atomic mass is 9.76. The normalized spacial score (nSPS) is 21.1. The summed E-state index contributed by atoms with van der Waals surface area (Å²) in [6.07, 6.45) is 0.950. The van der Waals surface area contributed by atoms with Gasteiger partial charge in [0.25, 0.3) is 0 Å². The highest BCUT2D eigenvalue weighted by Crippen LogP contribution is 2.32. The second-order valence-corrected chi connectivity index (χ2v) is 7.26. The van der Waals surface area contributed by atoms with E-state index >= 15 is 0 Å². The summed E-state index contributed by atoms with van der Waals surface area (Å²) < 4.78 is 10.4. The second kappa shape index (κ2) is 6.22. The number of amides is 2. The molecule has 1 aliphatic heterocycles. The molecule has 1 fully saturated rings. The zero-order valence-electron chi connectivity index (χ0n) is 14.4. The molecule has 2 unspecified atom stereocenters. The van der Waals surface area contributed by atoms with Crippen molar-refractivity contribution in [3.8, 4) is 0 Å². The Bertz CT molecular complexity index is 590. The third kappa shape index (κ3) is 3.65. The molecule has 0 saturated carbocycles. The summed E-state index contributed by atoms with van der Waals surface area (Å²) in [6, 6.07) is 1.26. The Labute approximate surface area is 136 Å². The zero-order chi connectivity index (χ0) is 17.3. The van der Waals surface area contributed by atoms with Gasteiger partial charge in [-0.1, -0.05) is 25.9 Å². The molecule has 7 heteroatoms. The first-order chi connectivity index (χ1) is 10.7. The van der Waals surface area contributed by atoms with E-state index < -0.39 is 5.41 Å². The van der Waals surface area contributed by atoms with Crippen molar-refractivity contribution in [3.05, 3.63) is 17.5 Å². The molecule has 128 valence electrons. The molecule has 2 amide bonds. The number of carbonyl (C=O) groups is 2. The van der Waals surface area contributed by atoms with E-state index in [1.165, 1.54) is 7.11 Å². The van der Waals surface area contributed by atoms with Crippen molar-refractivity contribution in [3.63, 3.8) is 0 Å². The van der Waals surface area contributed by atoms with E-state index in [1.54, 1.807) is 6.92 Å². The monoisotopic (exact) mass is 323 g/mol. The summed E-state index contributed by atoms with van der Waals surface area (Å²) in [7, 11) is 1.35. The van der Waals surface area contributed by atoms with Gasteiger partial charge in [-0.25, -0.2) is 4.79 Å². The minimum atomic E-state index is -0.915. The number of aromatic nitrogens is 1. The number of carbonyl (C=O) groups excluding carboxylic acids is 2. The quantitative estimate of drug-likeness (QED) is 0.824. The maximum absolute atomic E-state index is 12.4. The van der Waals surface area contributed by atoms with E-state index in [4.69, 9.17) is 9.26 Å². The standard InChI is InChI=1S/C16H25N3O4/c1-15(2,3)12-8-10(23-19-12)9-16(4,13(20)22-5)11-6-7-17-14(21)18-11/h8,11H,6-7,9H2,1-5H3,(H2,17,18,21). The van der Waals surface area contributed by atoms with Gasteiger partial charge in [0.05, 0.1) is 18.2 Å². The van der Waals surface area contributed by atoms with Gasteiger partial charge in [0.1, 0.15) is 5.76 Å². The van der Waals surface area contributed by atoms with E-state index in [-0.39, 0.29) is 23.5 Å². The SMILES string of the molecule is COC(=O)C(C)(Cc1cc(C(C)(C)C)no1)C1CCNC(=O)N1. The Balaban J connectivity index is 2.26. The number of methoxy groups -OCH3 is 1. The molecule has 0 aromatic carbocycles. The molecule has 0 radical (unpaired) electrons. The topological polar surface area (TPSA) is 93.5 Å². The fourth-order valence-electron chi connectivity index (χ4n) is 2.77. The average molecular weight is 323 g/mol. The highest BCUT2D eigenvalue weighted by molar-refractivity contribution is 5.81. The van der Waals surface area contributed by atoms with Gasteiger partial charge in [0, 0.05) is 30.5 Å². The van der Waals surface area contributed by atoms with Crippen LogP contribution in [0.25, 0.3) is 0 Å². The van der Waals surface area contributed by atoms with Gasteiger partial charge in [-0.05, 0) is 13.3 Å². The van der Waals surface area contributed by atoms with Gasteiger partial charge >= 0.3 is 12.0 Å². The minimum absolute atomic E-state index is 0.133. The lowest BCUT2D eigenvalue weighted by Crippen LogP contribution is -2.58. The summed E-state index contributed by atoms with van der Waals surface area (Å²) in [6.45, 7) is 8.44. The average Bonchev–Trinajstić information content (AvgIpc) is 2.94. The van der Waals surface area contributed by atoms with Crippen molar-refractivity contribution in [2.24, 2.45) is 5.41 Å². The maximum atomic E-state index is 12.4. The number of rotatable bonds is 4. The first-order valence-corrected chi connectivity index (χ1v) is 7.75. The third-order valence-electron chi connectivity index (χ3n) is 4.31. The van der Waals surface area contributed by atoms with Crippen molar-refractivity contribution in [1.82, 2.24) is 15.8 Å². The van der Waals surface area contributed by atoms with E-state index in [0.717, 1.165) is 5.69 Å². The molecule has 2 rings (SSSR count). The van der Waals surface area contributed by atoms with Gasteiger partial charge in [-0.2, -0.15) is 0 Å². The van der Waals surface area contributed by atoms with Crippen LogP contribution >= 0.6 is 0 Å². The molecular weight excluding hydrogens is 298 g/mol. The molecule has 1 aromatic rings. The first-order valence-electron chi connectivity index (χ1n) is 7.75. The van der Waals surface area contributed by atoms with Gasteiger partial charge < -0.3 is 19.9 Å². The maximum Gasteiger partial charge on any atom is 0.315 e. The van der Waals surface area contributed by atoms with E-state index in [0.29, 0.717) is 25.1 Å². The van der Waals surface area contributed by atoms with E-state index in [2.05, 4.69) is 15.8 Å². The Hall–Kier alpha value is -2.05. The number of nitrogens with zero attached hydrogens (tertiary/aromatic N) is 1. The number of urea groups is 1. The van der Waals surface area contributed by atoms with Gasteiger partial charge in [-0.15, -0.1) is 0 Å². The summed E-state index contributed by atoms with van der Waals surface area (Å²) in [5, 5.41) is 9.60. The van der Waals surface area contributed by atoms with Gasteiger partial charge in [-0.3, -0.25) is 4.79 Å². The van der Waals surface area contributed by atoms with Crippen molar-refractivity contribution in [1.29, 1.82) is 0 Å². The third-order valence-corrected chi connectivity index (χ3v) is 4.31. The minimum Gasteiger partial charge on any atom is -0.469 e. The molecular formula is C16H25N3O4. The van der Waals surface area contributed by atoms with Crippen molar-refractivity contribution in [2.45, 2.75) is 52.0 Å². The lowest BCUT2D eigenvalue weighted by Gasteiger charge is -2.37. The predicted octanol–water partition coefficient (Wildman–Crippen LogP) is 1.77. The number of nitrogens with one attached hydrogen (secondary N) is 2. The molecule has 1 saturated heterocycles. The molecule has 0 aliphatic carbocycles. The van der Waals surface area contributed by atoms with Crippen LogP contribution in [0.3, 0.4) is 0 Å². The van der Waals surface area contributed by atoms with Gasteiger partial charge in [0.2, 0.25) is 0 Å². The van der Waals surface area contributed by atoms with Crippen molar-refractivity contribution < 1.29 is 18.8 Å². The zero-order valence-corrected chi connectivity index (χ0v) is 14.4. The van der Waals surface area contributed by atoms with Crippen LogP contribution in [0.2, 0.25) is 0 Å². The van der Waals surface area contributed by atoms with E-state index in [9.17, 15) is 9.59 Å². The van der Waals surface area contributed by atoms with Crippen LogP contribution < -0.4 is 10.6 Å². The fraction of sp³-hybridized carbons (Fsp3) is 0.688. The van der Waals surface area contributed by atoms with Crippen LogP contribution in [0.15, 0.2) is 10.6 Å². The van der Waals surface area contributed by atoms with Crippen LogP contribution in [0.4, 0.5) is 4.79 Å². The molecule has 1 aliphatic rings. The smallest absolute Gasteiger partial charge is 0.315 e. The predicted molar refractivity (Wildman–Crippen MR) is 84.0 cm³/mol. The Morgan fingerprint density at radius 2 is 2.13 bits per heavy atom. The molecule has 2 heterocycles. The van der Waals surface area contributed by atoms with Crippen LogP contribution in [-0.4, -0.2) is 36.9 Å². The molecule has 2 atom stereocenters. The number of hydrogen-bond acceptors (Lipinski definition) is 5. The Kier molecular flexibility index (Phi) is 4.68. The number of esters is 1. The number of ether oxygens (including phenoxy) is 1. The molecule has 23 heavy (non-hydrogen) atoms. The molecule has 0 spiro atoms. The molecule has 1 aromatic heterocycles. The fourth-order valence-corrected chi connectivity index (χ4v) is 2.77. The Morgan fingerprint density at radius 1 is 1.43 bits per heavy atom. The summed E-state index contributed by atoms with van der Waals surface area (Å²) in [5.74, 6) is 0.231. The summed E-state index contributed by atoms with van der Waals surface area (Å²) in [4.78, 5) is 24.0. The van der Waals surface area contributed by atoms with Crippen LogP contribution in [0.5, 0.6) is 0 Å². The van der Waals surface area contributed by atoms with E-state index in [1.807, 2.05) is 26.8 Å². The van der Waals surface area contributed by atoms with Crippen LogP contribution in [0.1, 0.15) is 45.6 Å². The largest absolute Gasteiger partial charge is 0.469 e. The summed E-state index contributed by atoms with van der Waals surface area (Å²) in [5.41, 5.74) is -0.220. The molecule has 0 bridgehead atoms. The Morgan fingerprint density at radius 3 is 2.65 bits per heavy atom. The number of hydrogen-bond donors (Lipinski definition) is 2. The van der Waals surface area contributed by atoms with Crippen molar-refractivity contribution >= 4 is 12.0 Å². The van der Waals surface area contributed by atoms with Crippen LogP contribution in [-0.2, 0) is 21.4 Å². The highest BCUT2D eigenvalue weighted by atomic mass is 16.5. The highest BCUT2D eigenvalue weighted by Gasteiger charge is 2.45. The molecule has 7 nitrogen and oxygen atoms in total. The second-order valence-electron chi connectivity index (χ2n) is 7.26. The van der Waals surface area contributed by atoms with Crippen LogP contribution in [0, 0.1) is 5.41 Å². The van der Waals surface area contributed by atoms with Crippen molar-refractivity contribution in [2.75, 3.05) is 13.7 Å². The lowest BCUT2D eigenvalue weighted by molar-refractivity contribution is -0.154.